The van der Waals surface area contributed by atoms with Crippen molar-refractivity contribution in [3.8, 4) is 0 Å². The van der Waals surface area contributed by atoms with Crippen LogP contribution < -0.4 is 10.6 Å². The quantitative estimate of drug-likeness (QED) is 0.479. The molecule has 1 fully saturated rings. The lowest BCUT2D eigenvalue weighted by Crippen LogP contribution is -2.24. The second-order valence-electron chi connectivity index (χ2n) is 4.94. The van der Waals surface area contributed by atoms with Crippen LogP contribution in [0.25, 0.3) is 10.9 Å². The van der Waals surface area contributed by atoms with Crippen LogP contribution in [-0.4, -0.2) is 29.0 Å². The number of hydrogen-bond acceptors (Lipinski definition) is 5. The van der Waals surface area contributed by atoms with Crippen molar-refractivity contribution >= 4 is 22.3 Å². The molecule has 1 heterocycles. The molecule has 1 aromatic heterocycles. The number of fused-ring (bicyclic) bond motifs is 1. The number of hydrogen-bond donors (Lipinski definition) is 2. The van der Waals surface area contributed by atoms with Crippen molar-refractivity contribution in [1.82, 2.24) is 10.3 Å². The van der Waals surface area contributed by atoms with Gasteiger partial charge in [0.1, 0.15) is 5.69 Å². The fourth-order valence-electron chi connectivity index (χ4n) is 2.24. The average Bonchev–Trinajstić information content (AvgIpc) is 3.27. The van der Waals surface area contributed by atoms with Crippen LogP contribution >= 0.6 is 0 Å². The van der Waals surface area contributed by atoms with Gasteiger partial charge in [-0.05, 0) is 37.1 Å². The average molecular weight is 272 g/mol. The monoisotopic (exact) mass is 272 g/mol. The van der Waals surface area contributed by atoms with Gasteiger partial charge in [-0.25, -0.2) is 0 Å². The number of anilines is 1. The maximum Gasteiger partial charge on any atom is 0.301 e. The largest absolute Gasteiger partial charge is 0.378 e. The normalized spacial score (nSPS) is 14.4. The smallest absolute Gasteiger partial charge is 0.301 e. The molecular weight excluding hydrogens is 256 g/mol. The van der Waals surface area contributed by atoms with Gasteiger partial charge in [0, 0.05) is 25.3 Å². The molecule has 0 bridgehead atoms. The maximum absolute atomic E-state index is 11.3. The Hall–Kier alpha value is -2.21. The fraction of sp³-hybridized carbons (Fsp3) is 0.357. The van der Waals surface area contributed by atoms with E-state index >= 15 is 0 Å². The van der Waals surface area contributed by atoms with Crippen LogP contribution in [0.3, 0.4) is 0 Å². The second kappa shape index (κ2) is 5.42. The Balaban J connectivity index is 1.81. The number of nitrogens with one attached hydrogen (secondary N) is 2. The highest BCUT2D eigenvalue weighted by Gasteiger charge is 2.21. The summed E-state index contributed by atoms with van der Waals surface area (Å²) >= 11 is 0. The standard InChI is InChI=1S/C14H16N4O2/c19-18(20)14-11-2-1-7-16-12(11)5-6-13(14)17-9-8-15-10-3-4-10/h1-2,5-7,10,15,17H,3-4,8-9H2. The highest BCUT2D eigenvalue weighted by Crippen LogP contribution is 2.32. The van der Waals surface area contributed by atoms with E-state index in [-0.39, 0.29) is 10.6 Å². The van der Waals surface area contributed by atoms with Gasteiger partial charge in [0.25, 0.3) is 0 Å². The van der Waals surface area contributed by atoms with Crippen molar-refractivity contribution in [3.05, 3.63) is 40.6 Å². The Labute approximate surface area is 116 Å². The van der Waals surface area contributed by atoms with Gasteiger partial charge in [-0.15, -0.1) is 0 Å². The first-order valence-electron chi connectivity index (χ1n) is 6.75. The summed E-state index contributed by atoms with van der Waals surface area (Å²) in [5, 5.41) is 18.4. The van der Waals surface area contributed by atoms with Crippen LogP contribution in [0.5, 0.6) is 0 Å². The van der Waals surface area contributed by atoms with Crippen molar-refractivity contribution in [3.63, 3.8) is 0 Å². The van der Waals surface area contributed by atoms with E-state index in [0.29, 0.717) is 29.2 Å². The van der Waals surface area contributed by atoms with Crippen molar-refractivity contribution in [1.29, 1.82) is 0 Å². The van der Waals surface area contributed by atoms with E-state index in [0.717, 1.165) is 6.54 Å². The molecule has 104 valence electrons. The fourth-order valence-corrected chi connectivity index (χ4v) is 2.24. The summed E-state index contributed by atoms with van der Waals surface area (Å²) in [6.07, 6.45) is 4.11. The van der Waals surface area contributed by atoms with E-state index in [1.165, 1.54) is 12.8 Å². The van der Waals surface area contributed by atoms with Crippen molar-refractivity contribution in [2.45, 2.75) is 18.9 Å². The Morgan fingerprint density at radius 3 is 2.90 bits per heavy atom. The highest BCUT2D eigenvalue weighted by atomic mass is 16.6. The summed E-state index contributed by atoms with van der Waals surface area (Å²) in [6, 6.07) is 7.62. The SMILES string of the molecule is O=[N+]([O-])c1c(NCCNC2CC2)ccc2ncccc12. The lowest BCUT2D eigenvalue weighted by atomic mass is 10.1. The molecule has 1 aliphatic rings. The number of benzene rings is 1. The molecule has 6 nitrogen and oxygen atoms in total. The molecule has 2 N–H and O–H groups in total. The van der Waals surface area contributed by atoms with Gasteiger partial charge in [-0.2, -0.15) is 0 Å². The zero-order valence-corrected chi connectivity index (χ0v) is 11.0. The third-order valence-electron chi connectivity index (χ3n) is 3.39. The van der Waals surface area contributed by atoms with Crippen LogP contribution in [0.2, 0.25) is 0 Å². The zero-order chi connectivity index (χ0) is 13.9. The van der Waals surface area contributed by atoms with Crippen molar-refractivity contribution < 1.29 is 4.92 Å². The van der Waals surface area contributed by atoms with E-state index in [2.05, 4.69) is 15.6 Å². The summed E-state index contributed by atoms with van der Waals surface area (Å²) in [6.45, 7) is 1.48. The minimum Gasteiger partial charge on any atom is -0.378 e. The summed E-state index contributed by atoms with van der Waals surface area (Å²) < 4.78 is 0. The minimum atomic E-state index is -0.347. The van der Waals surface area contributed by atoms with Gasteiger partial charge in [0.05, 0.1) is 15.8 Å². The van der Waals surface area contributed by atoms with Gasteiger partial charge < -0.3 is 10.6 Å². The third-order valence-corrected chi connectivity index (χ3v) is 3.39. The topological polar surface area (TPSA) is 80.1 Å². The van der Waals surface area contributed by atoms with Gasteiger partial charge in [-0.3, -0.25) is 15.1 Å². The molecular formula is C14H16N4O2. The van der Waals surface area contributed by atoms with Crippen LogP contribution in [0, 0.1) is 10.1 Å². The molecule has 1 aliphatic carbocycles. The van der Waals surface area contributed by atoms with Crippen molar-refractivity contribution in [2.75, 3.05) is 18.4 Å². The molecule has 0 radical (unpaired) electrons. The molecule has 0 spiro atoms. The molecule has 0 unspecified atom stereocenters. The van der Waals surface area contributed by atoms with E-state index in [9.17, 15) is 10.1 Å². The predicted molar refractivity (Wildman–Crippen MR) is 77.9 cm³/mol. The number of aromatic nitrogens is 1. The maximum atomic E-state index is 11.3. The Kier molecular flexibility index (Phi) is 3.47. The summed E-state index contributed by atoms with van der Waals surface area (Å²) in [5.74, 6) is 0. The van der Waals surface area contributed by atoms with Crippen LogP contribution in [0.15, 0.2) is 30.5 Å². The second-order valence-corrected chi connectivity index (χ2v) is 4.94. The number of nitrogens with zero attached hydrogens (tertiary/aromatic N) is 2. The molecule has 0 atom stereocenters. The molecule has 0 saturated heterocycles. The van der Waals surface area contributed by atoms with Gasteiger partial charge in [0.15, 0.2) is 0 Å². The lowest BCUT2D eigenvalue weighted by Gasteiger charge is -2.09. The molecule has 0 amide bonds. The Morgan fingerprint density at radius 2 is 2.15 bits per heavy atom. The van der Waals surface area contributed by atoms with E-state index in [4.69, 9.17) is 0 Å². The van der Waals surface area contributed by atoms with Crippen LogP contribution in [0.4, 0.5) is 11.4 Å². The third kappa shape index (κ3) is 2.70. The highest BCUT2D eigenvalue weighted by molar-refractivity contribution is 5.94. The van der Waals surface area contributed by atoms with E-state index in [1.54, 1.807) is 30.5 Å². The number of nitro groups is 1. The summed E-state index contributed by atoms with van der Waals surface area (Å²) in [4.78, 5) is 15.1. The number of pyridine rings is 1. The summed E-state index contributed by atoms with van der Waals surface area (Å²) in [5.41, 5.74) is 1.29. The molecule has 2 aromatic rings. The van der Waals surface area contributed by atoms with Crippen molar-refractivity contribution in [2.24, 2.45) is 0 Å². The van der Waals surface area contributed by atoms with Gasteiger partial charge in [0.2, 0.25) is 0 Å². The first kappa shape index (κ1) is 12.8. The summed E-state index contributed by atoms with van der Waals surface area (Å²) in [7, 11) is 0. The molecule has 6 heteroatoms. The number of nitro benzene ring substituents is 1. The predicted octanol–water partition coefficient (Wildman–Crippen LogP) is 2.31. The zero-order valence-electron chi connectivity index (χ0n) is 11.0. The molecule has 20 heavy (non-hydrogen) atoms. The molecule has 0 aliphatic heterocycles. The lowest BCUT2D eigenvalue weighted by molar-refractivity contribution is -0.382. The first-order valence-corrected chi connectivity index (χ1v) is 6.75. The van der Waals surface area contributed by atoms with E-state index in [1.807, 2.05) is 0 Å². The van der Waals surface area contributed by atoms with Gasteiger partial charge >= 0.3 is 5.69 Å². The Morgan fingerprint density at radius 1 is 1.30 bits per heavy atom. The molecule has 1 aromatic carbocycles. The van der Waals surface area contributed by atoms with Crippen LogP contribution in [-0.2, 0) is 0 Å². The first-order chi connectivity index (χ1) is 9.75. The minimum absolute atomic E-state index is 0.0991. The van der Waals surface area contributed by atoms with Crippen LogP contribution in [0.1, 0.15) is 12.8 Å². The van der Waals surface area contributed by atoms with Gasteiger partial charge in [-0.1, -0.05) is 0 Å². The van der Waals surface area contributed by atoms with E-state index < -0.39 is 0 Å². The molecule has 3 rings (SSSR count). The number of rotatable bonds is 6. The Bertz CT molecular complexity index is 640. The molecule has 1 saturated carbocycles.